The molecule has 1 unspecified atom stereocenters. The first-order valence-electron chi connectivity index (χ1n) is 9.38. The predicted octanol–water partition coefficient (Wildman–Crippen LogP) is 3.87. The summed E-state index contributed by atoms with van der Waals surface area (Å²) in [5, 5.41) is 18.5. The lowest BCUT2D eigenvalue weighted by atomic mass is 10.0. The lowest BCUT2D eigenvalue weighted by Crippen LogP contribution is -2.44. The van der Waals surface area contributed by atoms with Crippen molar-refractivity contribution >= 4 is 29.4 Å². The van der Waals surface area contributed by atoms with Crippen LogP contribution in [0.15, 0.2) is 71.3 Å². The Bertz CT molecular complexity index is 1060. The fourth-order valence-corrected chi connectivity index (χ4v) is 3.00. The molecule has 9 heteroatoms. The highest BCUT2D eigenvalue weighted by Crippen LogP contribution is 2.22. The van der Waals surface area contributed by atoms with Gasteiger partial charge in [0.15, 0.2) is 0 Å². The number of nitriles is 1. The zero-order chi connectivity index (χ0) is 22.2. The molecule has 1 heterocycles. The molecule has 8 nitrogen and oxygen atoms in total. The van der Waals surface area contributed by atoms with Gasteiger partial charge in [-0.05, 0) is 36.8 Å². The summed E-state index contributed by atoms with van der Waals surface area (Å²) in [4.78, 5) is 15.9. The molecular formula is C22H20ClN5O3. The number of carbonyl (C=O) groups excluding carboxylic acids is 1. The van der Waals surface area contributed by atoms with E-state index in [0.29, 0.717) is 16.5 Å². The van der Waals surface area contributed by atoms with Crippen molar-refractivity contribution in [1.82, 2.24) is 10.3 Å². The molecule has 0 saturated carbocycles. The minimum absolute atomic E-state index is 0.0133. The molecule has 0 aromatic heterocycles. The third kappa shape index (κ3) is 5.62. The Labute approximate surface area is 185 Å². The van der Waals surface area contributed by atoms with Crippen LogP contribution in [-0.4, -0.2) is 42.0 Å². The normalized spacial score (nSPS) is 15.6. The lowest BCUT2D eigenvalue weighted by molar-refractivity contribution is 0.156. The van der Waals surface area contributed by atoms with E-state index in [1.807, 2.05) is 19.1 Å². The van der Waals surface area contributed by atoms with Crippen molar-refractivity contribution in [2.24, 2.45) is 10.1 Å². The number of hydrogen-bond acceptors (Lipinski definition) is 6. The molecule has 1 amide bonds. The maximum Gasteiger partial charge on any atom is 0.408 e. The van der Waals surface area contributed by atoms with Crippen LogP contribution in [0.2, 0.25) is 5.02 Å². The molecule has 0 aliphatic carbocycles. The minimum Gasteiger partial charge on any atom is -0.445 e. The van der Waals surface area contributed by atoms with Crippen LogP contribution in [0.3, 0.4) is 0 Å². The van der Waals surface area contributed by atoms with Gasteiger partial charge in [-0.15, -0.1) is 4.99 Å². The molecule has 0 radical (unpaired) electrons. The Morgan fingerprint density at radius 2 is 2.19 bits per heavy atom. The second-order valence-corrected chi connectivity index (χ2v) is 6.93. The summed E-state index contributed by atoms with van der Waals surface area (Å²) in [6.45, 7) is 5.67. The molecular weight excluding hydrogens is 418 g/mol. The molecule has 158 valence electrons. The van der Waals surface area contributed by atoms with Gasteiger partial charge in [-0.25, -0.2) is 9.80 Å². The lowest BCUT2D eigenvalue weighted by Gasteiger charge is -2.18. The number of hydrazone groups is 1. The van der Waals surface area contributed by atoms with Crippen molar-refractivity contribution in [1.29, 1.82) is 5.26 Å². The van der Waals surface area contributed by atoms with Gasteiger partial charge < -0.3 is 14.8 Å². The number of para-hydroxylation sites is 1. The quantitative estimate of drug-likeness (QED) is 0.331. The first-order chi connectivity index (χ1) is 15.0. The summed E-state index contributed by atoms with van der Waals surface area (Å²) in [6.07, 6.45) is 2.59. The molecule has 2 aromatic rings. The molecule has 0 spiro atoms. The Kier molecular flexibility index (Phi) is 7.25. The van der Waals surface area contributed by atoms with Crippen molar-refractivity contribution < 1.29 is 14.3 Å². The van der Waals surface area contributed by atoms with Gasteiger partial charge in [0.2, 0.25) is 6.19 Å². The van der Waals surface area contributed by atoms with Crippen molar-refractivity contribution in [3.8, 4) is 11.9 Å². The number of ether oxygens (including phenoxy) is 2. The highest BCUT2D eigenvalue weighted by atomic mass is 35.5. The molecule has 0 saturated heterocycles. The number of rotatable bonds is 5. The van der Waals surface area contributed by atoms with Crippen LogP contribution < -0.4 is 10.1 Å². The van der Waals surface area contributed by atoms with E-state index < -0.39 is 12.1 Å². The van der Waals surface area contributed by atoms with Crippen LogP contribution in [0.4, 0.5) is 4.79 Å². The summed E-state index contributed by atoms with van der Waals surface area (Å²) in [6, 6.07) is 13.8. The van der Waals surface area contributed by atoms with E-state index in [1.165, 1.54) is 11.1 Å². The van der Waals surface area contributed by atoms with Crippen molar-refractivity contribution in [2.45, 2.75) is 13.0 Å². The molecule has 0 bridgehead atoms. The molecule has 1 aliphatic rings. The van der Waals surface area contributed by atoms with Crippen LogP contribution in [0.25, 0.3) is 0 Å². The highest BCUT2D eigenvalue weighted by Gasteiger charge is 2.33. The van der Waals surface area contributed by atoms with Crippen LogP contribution in [0.5, 0.6) is 5.75 Å². The Balaban J connectivity index is 1.91. The average Bonchev–Trinajstić information content (AvgIpc) is 3.18. The SMILES string of the molecule is C=CCOC(=O)NC1CN(C(=NC#N)Oc2ccccc2)N=C1c1ccc(Cl)c(C)c1. The van der Waals surface area contributed by atoms with Crippen LogP contribution in [0.1, 0.15) is 11.1 Å². The van der Waals surface area contributed by atoms with Gasteiger partial charge in [0, 0.05) is 10.6 Å². The largest absolute Gasteiger partial charge is 0.445 e. The number of halogens is 1. The summed E-state index contributed by atoms with van der Waals surface area (Å²) in [5.74, 6) is 0.498. The van der Waals surface area contributed by atoms with E-state index in [9.17, 15) is 4.79 Å². The third-order valence-corrected chi connectivity index (χ3v) is 4.73. The Hall–Kier alpha value is -3.83. The minimum atomic E-state index is -0.618. The van der Waals surface area contributed by atoms with Crippen LogP contribution >= 0.6 is 11.6 Å². The average molecular weight is 438 g/mol. The summed E-state index contributed by atoms with van der Waals surface area (Å²) in [5.41, 5.74) is 2.17. The van der Waals surface area contributed by atoms with Crippen molar-refractivity contribution in [2.75, 3.05) is 13.2 Å². The first-order valence-corrected chi connectivity index (χ1v) is 9.76. The number of amidine groups is 1. The maximum atomic E-state index is 12.2. The van der Waals surface area contributed by atoms with Crippen LogP contribution in [0, 0.1) is 18.4 Å². The monoisotopic (exact) mass is 437 g/mol. The number of nitrogens with zero attached hydrogens (tertiary/aromatic N) is 4. The van der Waals surface area contributed by atoms with E-state index in [4.69, 9.17) is 26.3 Å². The zero-order valence-electron chi connectivity index (χ0n) is 16.8. The summed E-state index contributed by atoms with van der Waals surface area (Å²) in [7, 11) is 0. The van der Waals surface area contributed by atoms with E-state index in [2.05, 4.69) is 22.0 Å². The van der Waals surface area contributed by atoms with E-state index in [-0.39, 0.29) is 19.2 Å². The fraction of sp³-hybridized carbons (Fsp3) is 0.182. The fourth-order valence-electron chi connectivity index (χ4n) is 2.89. The molecule has 31 heavy (non-hydrogen) atoms. The number of aliphatic imine (C=N–C) groups is 1. The maximum absolute atomic E-state index is 12.2. The highest BCUT2D eigenvalue weighted by molar-refractivity contribution is 6.31. The summed E-state index contributed by atoms with van der Waals surface area (Å²) < 4.78 is 10.8. The molecule has 1 atom stereocenters. The number of benzene rings is 2. The van der Waals surface area contributed by atoms with Gasteiger partial charge in [-0.3, -0.25) is 0 Å². The second-order valence-electron chi connectivity index (χ2n) is 6.52. The van der Waals surface area contributed by atoms with Gasteiger partial charge >= 0.3 is 12.1 Å². The van der Waals surface area contributed by atoms with Crippen LogP contribution in [-0.2, 0) is 4.74 Å². The number of nitrogens with one attached hydrogen (secondary N) is 1. The second kappa shape index (κ2) is 10.3. The van der Waals surface area contributed by atoms with Gasteiger partial charge in [0.1, 0.15) is 12.4 Å². The van der Waals surface area contributed by atoms with E-state index >= 15 is 0 Å². The molecule has 1 N–H and O–H groups in total. The van der Waals surface area contributed by atoms with Gasteiger partial charge in [-0.2, -0.15) is 10.4 Å². The van der Waals surface area contributed by atoms with E-state index in [1.54, 1.807) is 42.6 Å². The number of hydrogen-bond donors (Lipinski definition) is 1. The van der Waals surface area contributed by atoms with Crippen molar-refractivity contribution in [3.05, 3.63) is 77.3 Å². The summed E-state index contributed by atoms with van der Waals surface area (Å²) >= 11 is 6.15. The smallest absolute Gasteiger partial charge is 0.408 e. The molecule has 2 aromatic carbocycles. The molecule has 1 aliphatic heterocycles. The first kappa shape index (κ1) is 21.9. The number of amides is 1. The number of carbonyl (C=O) groups is 1. The van der Waals surface area contributed by atoms with Crippen molar-refractivity contribution in [3.63, 3.8) is 0 Å². The number of alkyl carbamates (subject to hydrolysis) is 1. The van der Waals surface area contributed by atoms with E-state index in [0.717, 1.165) is 11.1 Å². The zero-order valence-corrected chi connectivity index (χ0v) is 17.5. The topological polar surface area (TPSA) is 99.3 Å². The van der Waals surface area contributed by atoms with Gasteiger partial charge in [0.05, 0.1) is 18.3 Å². The number of aryl methyl sites for hydroxylation is 1. The van der Waals surface area contributed by atoms with Gasteiger partial charge in [-0.1, -0.05) is 48.5 Å². The standard InChI is InChI=1S/C22H20ClN5O3/c1-3-11-30-22(29)26-19-13-28(21(25-14-24)31-17-7-5-4-6-8-17)27-20(19)16-9-10-18(23)15(2)12-16/h3-10,12,19H,1,11,13H2,2H3,(H,26,29). The predicted molar refractivity (Wildman–Crippen MR) is 118 cm³/mol. The Morgan fingerprint density at radius 3 is 2.87 bits per heavy atom. The molecule has 0 fully saturated rings. The Morgan fingerprint density at radius 1 is 1.42 bits per heavy atom. The third-order valence-electron chi connectivity index (χ3n) is 4.31. The molecule has 3 rings (SSSR count). The van der Waals surface area contributed by atoms with Gasteiger partial charge in [0.25, 0.3) is 0 Å².